The molecule has 0 spiro atoms. The molecule has 1 heterocycles. The number of Topliss-reactive ketones (excluding diaryl/α,β-unsaturated/α-hetero) is 1. The third-order valence-electron chi connectivity index (χ3n) is 4.21. The quantitative estimate of drug-likeness (QED) is 0.422. The van der Waals surface area contributed by atoms with Gasteiger partial charge in [-0.05, 0) is 25.1 Å². The maximum Gasteiger partial charge on any atom is 0.253 e. The van der Waals surface area contributed by atoms with Gasteiger partial charge in [0.25, 0.3) is 5.91 Å². The van der Waals surface area contributed by atoms with E-state index in [4.69, 9.17) is 23.2 Å². The second-order valence-electron chi connectivity index (χ2n) is 6.30. The Balaban J connectivity index is 1.65. The molecular weight excluding hydrogens is 431 g/mol. The molecule has 0 saturated heterocycles. The zero-order valence-corrected chi connectivity index (χ0v) is 18.1. The van der Waals surface area contributed by atoms with Gasteiger partial charge in [0, 0.05) is 17.6 Å². The Morgan fingerprint density at radius 1 is 1.14 bits per heavy atom. The number of thioether (sulfide) groups is 1. The molecule has 29 heavy (non-hydrogen) atoms. The largest absolute Gasteiger partial charge is 0.342 e. The molecule has 3 aromatic rings. The van der Waals surface area contributed by atoms with Crippen molar-refractivity contribution in [3.63, 3.8) is 0 Å². The molecule has 1 atom stereocenters. The van der Waals surface area contributed by atoms with Crippen LogP contribution in [-0.4, -0.2) is 32.2 Å². The minimum atomic E-state index is -0.411. The molecule has 3 rings (SSSR count). The van der Waals surface area contributed by atoms with E-state index >= 15 is 0 Å². The van der Waals surface area contributed by atoms with Crippen LogP contribution in [0.2, 0.25) is 10.0 Å². The first-order valence-corrected chi connectivity index (χ1v) is 10.5. The number of ketones is 1. The summed E-state index contributed by atoms with van der Waals surface area (Å²) >= 11 is 13.3. The molecule has 150 valence electrons. The van der Waals surface area contributed by atoms with E-state index in [-0.39, 0.29) is 22.5 Å². The minimum absolute atomic E-state index is 0.0129. The molecule has 0 saturated carbocycles. The number of hydrogen-bond donors (Lipinski definition) is 1. The smallest absolute Gasteiger partial charge is 0.253 e. The molecule has 0 aliphatic rings. The maximum atomic E-state index is 12.5. The van der Waals surface area contributed by atoms with Crippen molar-refractivity contribution in [2.75, 3.05) is 5.75 Å². The molecule has 0 aliphatic heterocycles. The predicted molar refractivity (Wildman–Crippen MR) is 115 cm³/mol. The highest BCUT2D eigenvalue weighted by atomic mass is 35.5. The van der Waals surface area contributed by atoms with Crippen molar-refractivity contribution in [3.8, 4) is 0 Å². The molecule has 9 heteroatoms. The van der Waals surface area contributed by atoms with E-state index in [1.807, 2.05) is 18.2 Å². The fourth-order valence-electron chi connectivity index (χ4n) is 2.68. The van der Waals surface area contributed by atoms with Gasteiger partial charge in [0.05, 0.1) is 22.4 Å². The number of carbonyl (C=O) groups is 2. The van der Waals surface area contributed by atoms with E-state index in [2.05, 4.69) is 15.5 Å². The number of amides is 1. The summed E-state index contributed by atoms with van der Waals surface area (Å²) in [5.41, 5.74) is 0.982. The van der Waals surface area contributed by atoms with E-state index in [9.17, 15) is 9.59 Å². The van der Waals surface area contributed by atoms with Crippen molar-refractivity contribution >= 4 is 46.7 Å². The second-order valence-corrected chi connectivity index (χ2v) is 8.08. The lowest BCUT2D eigenvalue weighted by Gasteiger charge is -2.14. The number of halogens is 2. The number of aromatic nitrogens is 3. The predicted octanol–water partition coefficient (Wildman–Crippen LogP) is 4.59. The van der Waals surface area contributed by atoms with Gasteiger partial charge in [0.2, 0.25) is 0 Å². The normalized spacial score (nSPS) is 11.9. The molecule has 1 N–H and O–H groups in total. The molecule has 0 unspecified atom stereocenters. The van der Waals surface area contributed by atoms with Crippen molar-refractivity contribution in [1.82, 2.24) is 20.1 Å². The van der Waals surface area contributed by atoms with Crippen molar-refractivity contribution < 1.29 is 9.59 Å². The van der Waals surface area contributed by atoms with Gasteiger partial charge in [0.15, 0.2) is 16.8 Å². The van der Waals surface area contributed by atoms with Crippen LogP contribution in [0.25, 0.3) is 0 Å². The number of nitrogens with one attached hydrogen (secondary N) is 1. The zero-order chi connectivity index (χ0) is 21.0. The monoisotopic (exact) mass is 448 g/mol. The molecule has 2 aromatic carbocycles. The average Bonchev–Trinajstić information content (AvgIpc) is 3.07. The lowest BCUT2D eigenvalue weighted by atomic mass is 10.2. The summed E-state index contributed by atoms with van der Waals surface area (Å²) < 4.78 is 1.76. The summed E-state index contributed by atoms with van der Waals surface area (Å²) in [7, 11) is 1.79. The van der Waals surface area contributed by atoms with Crippen molar-refractivity contribution in [3.05, 3.63) is 75.5 Å². The molecule has 6 nitrogen and oxygen atoms in total. The molecule has 0 bridgehead atoms. The van der Waals surface area contributed by atoms with E-state index in [0.717, 1.165) is 0 Å². The van der Waals surface area contributed by atoms with Gasteiger partial charge in [-0.3, -0.25) is 9.59 Å². The fraction of sp³-hybridized carbons (Fsp3) is 0.200. The van der Waals surface area contributed by atoms with E-state index in [0.29, 0.717) is 27.1 Å². The van der Waals surface area contributed by atoms with Crippen molar-refractivity contribution in [2.24, 2.45) is 7.05 Å². The van der Waals surface area contributed by atoms with Gasteiger partial charge < -0.3 is 9.88 Å². The number of carbonyl (C=O) groups excluding carboxylic acids is 2. The first-order chi connectivity index (χ1) is 13.9. The molecule has 0 fully saturated rings. The Labute approximate surface area is 182 Å². The van der Waals surface area contributed by atoms with Crippen LogP contribution in [0, 0.1) is 0 Å². The lowest BCUT2D eigenvalue weighted by Crippen LogP contribution is -2.28. The van der Waals surface area contributed by atoms with Gasteiger partial charge in [-0.2, -0.15) is 0 Å². The van der Waals surface area contributed by atoms with Gasteiger partial charge in [0.1, 0.15) is 0 Å². The molecule has 1 aromatic heterocycles. The minimum Gasteiger partial charge on any atom is -0.342 e. The van der Waals surface area contributed by atoms with Crippen LogP contribution in [0.3, 0.4) is 0 Å². The van der Waals surface area contributed by atoms with E-state index in [1.165, 1.54) is 17.8 Å². The Bertz CT molecular complexity index is 1040. The highest BCUT2D eigenvalue weighted by Gasteiger charge is 2.20. The van der Waals surface area contributed by atoms with Gasteiger partial charge in [-0.25, -0.2) is 0 Å². The number of nitrogens with zero attached hydrogens (tertiary/aromatic N) is 3. The van der Waals surface area contributed by atoms with Gasteiger partial charge in [-0.1, -0.05) is 65.3 Å². The number of hydrogen-bond acceptors (Lipinski definition) is 5. The first kappa shape index (κ1) is 21.4. The topological polar surface area (TPSA) is 76.9 Å². The standard InChI is InChI=1S/C20H18Cl2N4O2S/c1-12(23-19(28)15-9-8-14(21)10-16(15)22)18-24-25-20(26(18)2)29-11-17(27)13-6-4-3-5-7-13/h3-10,12H,11H2,1-2H3,(H,23,28)/t12-/m0/s1. The number of rotatable bonds is 7. The molecule has 0 aliphatic carbocycles. The fourth-order valence-corrected chi connectivity index (χ4v) is 3.99. The number of benzene rings is 2. The highest BCUT2D eigenvalue weighted by molar-refractivity contribution is 7.99. The van der Waals surface area contributed by atoms with Crippen LogP contribution < -0.4 is 5.32 Å². The maximum absolute atomic E-state index is 12.5. The summed E-state index contributed by atoms with van der Waals surface area (Å²) in [6.45, 7) is 1.80. The highest BCUT2D eigenvalue weighted by Crippen LogP contribution is 2.23. The summed E-state index contributed by atoms with van der Waals surface area (Å²) in [6, 6.07) is 13.4. The van der Waals surface area contributed by atoms with Crippen LogP contribution >= 0.6 is 35.0 Å². The summed E-state index contributed by atoms with van der Waals surface area (Å²) in [5, 5.41) is 12.5. The third-order valence-corrected chi connectivity index (χ3v) is 5.78. The Hall–Kier alpha value is -2.35. The van der Waals surface area contributed by atoms with Crippen molar-refractivity contribution in [1.29, 1.82) is 0 Å². The SMILES string of the molecule is C[C@H](NC(=O)c1ccc(Cl)cc1Cl)c1nnc(SCC(=O)c2ccccc2)n1C. The molecular formula is C20H18Cl2N4O2S. The van der Waals surface area contributed by atoms with Crippen molar-refractivity contribution in [2.45, 2.75) is 18.1 Å². The summed E-state index contributed by atoms with van der Waals surface area (Å²) in [5.74, 6) is 0.490. The zero-order valence-electron chi connectivity index (χ0n) is 15.7. The summed E-state index contributed by atoms with van der Waals surface area (Å²) in [4.78, 5) is 24.8. The first-order valence-electron chi connectivity index (χ1n) is 8.73. The van der Waals surface area contributed by atoms with Crippen LogP contribution in [0.5, 0.6) is 0 Å². The lowest BCUT2D eigenvalue weighted by molar-refractivity contribution is 0.0937. The Kier molecular flexibility index (Phi) is 6.95. The Morgan fingerprint density at radius 3 is 2.55 bits per heavy atom. The summed E-state index contributed by atoms with van der Waals surface area (Å²) in [6.07, 6.45) is 0. The molecule has 1 amide bonds. The second kappa shape index (κ2) is 9.43. The van der Waals surface area contributed by atoms with Gasteiger partial charge in [-0.15, -0.1) is 10.2 Å². The van der Waals surface area contributed by atoms with Gasteiger partial charge >= 0.3 is 0 Å². The third kappa shape index (κ3) is 5.18. The van der Waals surface area contributed by atoms with Crippen LogP contribution in [0.4, 0.5) is 0 Å². The van der Waals surface area contributed by atoms with Crippen LogP contribution in [0.1, 0.15) is 39.5 Å². The van der Waals surface area contributed by atoms with Crippen LogP contribution in [-0.2, 0) is 7.05 Å². The van der Waals surface area contributed by atoms with E-state index in [1.54, 1.807) is 42.8 Å². The molecule has 0 radical (unpaired) electrons. The van der Waals surface area contributed by atoms with Crippen LogP contribution in [0.15, 0.2) is 53.7 Å². The van der Waals surface area contributed by atoms with E-state index < -0.39 is 6.04 Å². The average molecular weight is 449 g/mol. The Morgan fingerprint density at radius 2 is 1.86 bits per heavy atom.